The van der Waals surface area contributed by atoms with Crippen LogP contribution in [0.5, 0.6) is 0 Å². The first kappa shape index (κ1) is 18.7. The summed E-state index contributed by atoms with van der Waals surface area (Å²) in [5.74, 6) is -0.429. The second-order valence-electron chi connectivity index (χ2n) is 6.38. The normalized spacial score (nSPS) is 16.5. The molecule has 2 aromatic carbocycles. The molecule has 0 saturated carbocycles. The molecule has 0 bridgehead atoms. The summed E-state index contributed by atoms with van der Waals surface area (Å²) in [6.45, 7) is 3.44. The van der Waals surface area contributed by atoms with Gasteiger partial charge in [0.25, 0.3) is 0 Å². The topological polar surface area (TPSA) is 57.7 Å². The highest BCUT2D eigenvalue weighted by Gasteiger charge is 2.30. The number of piperazine rings is 1. The van der Waals surface area contributed by atoms with Crippen LogP contribution in [0, 0.1) is 12.7 Å². The molecule has 3 rings (SSSR count). The molecule has 7 heteroatoms. The van der Waals surface area contributed by atoms with E-state index in [0.29, 0.717) is 37.3 Å². The fraction of sp³-hybridized carbons (Fsp3) is 0.316. The lowest BCUT2D eigenvalue weighted by Gasteiger charge is -2.33. The molecule has 0 spiro atoms. The van der Waals surface area contributed by atoms with Gasteiger partial charge in [0.2, 0.25) is 10.0 Å². The quantitative estimate of drug-likeness (QED) is 0.752. The van der Waals surface area contributed by atoms with Gasteiger partial charge in [-0.1, -0.05) is 30.3 Å². The van der Waals surface area contributed by atoms with Crippen molar-refractivity contribution in [3.8, 4) is 0 Å². The Balaban J connectivity index is 1.63. The summed E-state index contributed by atoms with van der Waals surface area (Å²) >= 11 is 0. The molecule has 0 aromatic heterocycles. The number of rotatable bonds is 5. The van der Waals surface area contributed by atoms with E-state index in [0.717, 1.165) is 6.07 Å². The van der Waals surface area contributed by atoms with Crippen molar-refractivity contribution in [3.63, 3.8) is 0 Å². The second kappa shape index (κ2) is 7.65. The van der Waals surface area contributed by atoms with E-state index < -0.39 is 15.8 Å². The van der Waals surface area contributed by atoms with Crippen molar-refractivity contribution in [2.24, 2.45) is 0 Å². The summed E-state index contributed by atoms with van der Waals surface area (Å²) in [5.41, 5.74) is 1.05. The van der Waals surface area contributed by atoms with E-state index in [9.17, 15) is 17.6 Å². The predicted octanol–water partition coefficient (Wildman–Crippen LogP) is 2.32. The van der Waals surface area contributed by atoms with Gasteiger partial charge in [0, 0.05) is 31.7 Å². The monoisotopic (exact) mass is 376 g/mol. The van der Waals surface area contributed by atoms with E-state index in [4.69, 9.17) is 0 Å². The summed E-state index contributed by atoms with van der Waals surface area (Å²) in [6.07, 6.45) is 0. The molecule has 0 amide bonds. The first-order chi connectivity index (χ1) is 12.4. The van der Waals surface area contributed by atoms with Gasteiger partial charge >= 0.3 is 0 Å². The van der Waals surface area contributed by atoms with Crippen LogP contribution in [-0.2, 0) is 10.0 Å². The third-order valence-corrected chi connectivity index (χ3v) is 6.61. The number of benzene rings is 2. The Morgan fingerprint density at radius 1 is 1.04 bits per heavy atom. The summed E-state index contributed by atoms with van der Waals surface area (Å²) in [7, 11) is -3.66. The van der Waals surface area contributed by atoms with Crippen molar-refractivity contribution in [1.29, 1.82) is 0 Å². The van der Waals surface area contributed by atoms with Crippen LogP contribution in [0.25, 0.3) is 0 Å². The Morgan fingerprint density at radius 2 is 1.69 bits per heavy atom. The molecule has 138 valence electrons. The zero-order valence-corrected chi connectivity index (χ0v) is 15.4. The van der Waals surface area contributed by atoms with Gasteiger partial charge in [0.15, 0.2) is 5.78 Å². The fourth-order valence-electron chi connectivity index (χ4n) is 3.09. The van der Waals surface area contributed by atoms with Gasteiger partial charge in [-0.05, 0) is 30.7 Å². The van der Waals surface area contributed by atoms with Crippen molar-refractivity contribution in [1.82, 2.24) is 9.21 Å². The molecule has 1 aliphatic heterocycles. The SMILES string of the molecule is Cc1cc(F)ccc1S(=O)(=O)N1CCN(CC(=O)c2ccccc2)CC1. The van der Waals surface area contributed by atoms with Gasteiger partial charge in [-0.3, -0.25) is 9.69 Å². The van der Waals surface area contributed by atoms with E-state index in [2.05, 4.69) is 0 Å². The molecular formula is C19H21FN2O3S. The van der Waals surface area contributed by atoms with Crippen LogP contribution in [-0.4, -0.2) is 56.1 Å². The minimum absolute atomic E-state index is 0.0243. The summed E-state index contributed by atoms with van der Waals surface area (Å²) in [5, 5.41) is 0. The van der Waals surface area contributed by atoms with Gasteiger partial charge in [0.05, 0.1) is 11.4 Å². The number of aryl methyl sites for hydroxylation is 1. The Bertz CT molecular complexity index is 892. The standard InChI is InChI=1S/C19H21FN2O3S/c1-15-13-17(20)7-8-19(15)26(24,25)22-11-9-21(10-12-22)14-18(23)16-5-3-2-4-6-16/h2-8,13H,9-12,14H2,1H3. The lowest BCUT2D eigenvalue weighted by Crippen LogP contribution is -2.49. The second-order valence-corrected chi connectivity index (χ2v) is 8.29. The minimum Gasteiger partial charge on any atom is -0.293 e. The Hall–Kier alpha value is -2.09. The van der Waals surface area contributed by atoms with E-state index in [1.807, 2.05) is 23.1 Å². The average molecular weight is 376 g/mol. The van der Waals surface area contributed by atoms with E-state index in [1.54, 1.807) is 19.1 Å². The highest BCUT2D eigenvalue weighted by atomic mass is 32.2. The summed E-state index contributed by atoms with van der Waals surface area (Å²) < 4.78 is 40.2. The molecule has 0 aliphatic carbocycles. The number of hydrogen-bond acceptors (Lipinski definition) is 4. The van der Waals surface area contributed by atoms with Crippen molar-refractivity contribution >= 4 is 15.8 Å². The zero-order chi connectivity index (χ0) is 18.7. The molecule has 1 aliphatic rings. The molecular weight excluding hydrogens is 355 g/mol. The molecule has 0 unspecified atom stereocenters. The van der Waals surface area contributed by atoms with Crippen LogP contribution in [0.1, 0.15) is 15.9 Å². The van der Waals surface area contributed by atoms with Gasteiger partial charge in [-0.2, -0.15) is 4.31 Å². The molecule has 0 N–H and O–H groups in total. The number of Topliss-reactive ketones (excluding diaryl/α,β-unsaturated/α-hetero) is 1. The Labute approximate surface area is 153 Å². The Kier molecular flexibility index (Phi) is 5.50. The van der Waals surface area contributed by atoms with Crippen molar-refractivity contribution in [2.75, 3.05) is 32.7 Å². The fourth-order valence-corrected chi connectivity index (χ4v) is 4.72. The van der Waals surface area contributed by atoms with Crippen LogP contribution in [0.2, 0.25) is 0 Å². The van der Waals surface area contributed by atoms with Gasteiger partial charge in [0.1, 0.15) is 5.82 Å². The molecule has 1 heterocycles. The third-order valence-electron chi connectivity index (χ3n) is 4.55. The summed E-state index contributed by atoms with van der Waals surface area (Å²) in [6, 6.07) is 12.8. The molecule has 2 aromatic rings. The molecule has 1 saturated heterocycles. The number of carbonyl (C=O) groups excluding carboxylic acids is 1. The highest BCUT2D eigenvalue weighted by molar-refractivity contribution is 7.89. The maximum atomic E-state index is 13.2. The molecule has 5 nitrogen and oxygen atoms in total. The lowest BCUT2D eigenvalue weighted by molar-refractivity contribution is 0.0901. The van der Waals surface area contributed by atoms with Gasteiger partial charge in [-0.15, -0.1) is 0 Å². The van der Waals surface area contributed by atoms with E-state index in [1.165, 1.54) is 16.4 Å². The predicted molar refractivity (Wildman–Crippen MR) is 97.1 cm³/mol. The molecule has 0 radical (unpaired) electrons. The number of ketones is 1. The van der Waals surface area contributed by atoms with Crippen LogP contribution in [0.3, 0.4) is 0 Å². The zero-order valence-electron chi connectivity index (χ0n) is 14.6. The number of sulfonamides is 1. The number of carbonyl (C=O) groups is 1. The largest absolute Gasteiger partial charge is 0.293 e. The molecule has 0 atom stereocenters. The molecule has 1 fully saturated rings. The average Bonchev–Trinajstić information content (AvgIpc) is 2.62. The van der Waals surface area contributed by atoms with Crippen LogP contribution >= 0.6 is 0 Å². The lowest BCUT2D eigenvalue weighted by atomic mass is 10.1. The van der Waals surface area contributed by atoms with Crippen molar-refractivity contribution in [3.05, 3.63) is 65.5 Å². The van der Waals surface area contributed by atoms with E-state index in [-0.39, 0.29) is 17.2 Å². The van der Waals surface area contributed by atoms with Crippen LogP contribution < -0.4 is 0 Å². The van der Waals surface area contributed by atoms with Crippen molar-refractivity contribution in [2.45, 2.75) is 11.8 Å². The van der Waals surface area contributed by atoms with Crippen molar-refractivity contribution < 1.29 is 17.6 Å². The number of halogens is 1. The first-order valence-electron chi connectivity index (χ1n) is 8.45. The maximum Gasteiger partial charge on any atom is 0.243 e. The number of nitrogens with zero attached hydrogens (tertiary/aromatic N) is 2. The highest BCUT2D eigenvalue weighted by Crippen LogP contribution is 2.22. The van der Waals surface area contributed by atoms with Gasteiger partial charge in [-0.25, -0.2) is 12.8 Å². The minimum atomic E-state index is -3.66. The van der Waals surface area contributed by atoms with Gasteiger partial charge < -0.3 is 0 Å². The first-order valence-corrected chi connectivity index (χ1v) is 9.89. The van der Waals surface area contributed by atoms with Crippen LogP contribution in [0.4, 0.5) is 4.39 Å². The molecule has 26 heavy (non-hydrogen) atoms. The smallest absolute Gasteiger partial charge is 0.243 e. The number of hydrogen-bond donors (Lipinski definition) is 0. The maximum absolute atomic E-state index is 13.2. The summed E-state index contributed by atoms with van der Waals surface area (Å²) in [4.78, 5) is 14.4. The van der Waals surface area contributed by atoms with Crippen LogP contribution in [0.15, 0.2) is 53.4 Å². The third kappa shape index (κ3) is 4.00. The Morgan fingerprint density at radius 3 is 2.31 bits per heavy atom. The van der Waals surface area contributed by atoms with E-state index >= 15 is 0 Å².